The number of ether oxygens (including phenoxy) is 2. The summed E-state index contributed by atoms with van der Waals surface area (Å²) in [5.74, 6) is -0.542. The van der Waals surface area contributed by atoms with Crippen LogP contribution in [0.2, 0.25) is 0 Å². The van der Waals surface area contributed by atoms with Gasteiger partial charge in [0.15, 0.2) is 13.2 Å². The second-order valence-electron chi connectivity index (χ2n) is 7.11. The monoisotopic (exact) mass is 392 g/mol. The summed E-state index contributed by atoms with van der Waals surface area (Å²) >= 11 is 0. The quantitative estimate of drug-likeness (QED) is 0.731. The molecule has 0 aromatic heterocycles. The van der Waals surface area contributed by atoms with Gasteiger partial charge in [-0.3, -0.25) is 4.79 Å². The van der Waals surface area contributed by atoms with E-state index in [0.29, 0.717) is 11.3 Å². The molecule has 29 heavy (non-hydrogen) atoms. The van der Waals surface area contributed by atoms with Crippen molar-refractivity contribution in [3.63, 3.8) is 0 Å². The molecule has 150 valence electrons. The maximum atomic E-state index is 12.1. The predicted octanol–water partition coefficient (Wildman–Crippen LogP) is 3.24. The zero-order valence-electron chi connectivity index (χ0n) is 16.4. The number of nitrogens with one attached hydrogen (secondary N) is 1. The number of nitriles is 1. The highest BCUT2D eigenvalue weighted by molar-refractivity contribution is 5.81. The Balaban J connectivity index is 1.41. The molecule has 1 N–H and O–H groups in total. The van der Waals surface area contributed by atoms with Crippen LogP contribution in [0.1, 0.15) is 48.1 Å². The molecular weight excluding hydrogens is 368 g/mol. The van der Waals surface area contributed by atoms with Crippen molar-refractivity contribution in [1.82, 2.24) is 5.32 Å². The van der Waals surface area contributed by atoms with E-state index in [2.05, 4.69) is 17.4 Å². The van der Waals surface area contributed by atoms with Crippen molar-refractivity contribution in [2.45, 2.75) is 38.6 Å². The molecule has 3 rings (SSSR count). The Morgan fingerprint density at radius 2 is 1.79 bits per heavy atom. The van der Waals surface area contributed by atoms with E-state index in [1.807, 2.05) is 19.1 Å². The van der Waals surface area contributed by atoms with Crippen molar-refractivity contribution >= 4 is 11.9 Å². The van der Waals surface area contributed by atoms with Crippen molar-refractivity contribution in [3.8, 4) is 11.8 Å². The van der Waals surface area contributed by atoms with Gasteiger partial charge >= 0.3 is 5.97 Å². The first-order valence-electron chi connectivity index (χ1n) is 9.75. The second-order valence-corrected chi connectivity index (χ2v) is 7.11. The van der Waals surface area contributed by atoms with Crippen molar-refractivity contribution in [2.24, 2.45) is 0 Å². The third kappa shape index (κ3) is 5.82. The molecule has 2 aromatic rings. The fourth-order valence-corrected chi connectivity index (χ4v) is 3.34. The zero-order chi connectivity index (χ0) is 20.6. The average Bonchev–Trinajstić information content (AvgIpc) is 2.76. The Hall–Kier alpha value is -3.33. The van der Waals surface area contributed by atoms with E-state index in [0.717, 1.165) is 18.4 Å². The summed E-state index contributed by atoms with van der Waals surface area (Å²) in [6, 6.07) is 14.6. The SMILES string of the molecule is C[C@@H](NC(=O)COC(=O)COc1ccc(C#N)cc1)c1ccc2c(c1)CCCC2. The third-order valence-electron chi connectivity index (χ3n) is 4.95. The molecule has 0 heterocycles. The largest absolute Gasteiger partial charge is 0.482 e. The lowest BCUT2D eigenvalue weighted by Crippen LogP contribution is -2.32. The summed E-state index contributed by atoms with van der Waals surface area (Å²) in [6.45, 7) is 1.25. The molecule has 2 aromatic carbocycles. The Kier molecular flexibility index (Phi) is 6.85. The van der Waals surface area contributed by atoms with Crippen molar-refractivity contribution in [3.05, 3.63) is 64.7 Å². The summed E-state index contributed by atoms with van der Waals surface area (Å²) in [5, 5.41) is 11.6. The molecule has 0 saturated carbocycles. The van der Waals surface area contributed by atoms with Gasteiger partial charge in [0, 0.05) is 0 Å². The van der Waals surface area contributed by atoms with Crippen LogP contribution in [0.25, 0.3) is 0 Å². The van der Waals surface area contributed by atoms with Gasteiger partial charge in [0.05, 0.1) is 17.7 Å². The molecule has 0 saturated heterocycles. The highest BCUT2D eigenvalue weighted by Crippen LogP contribution is 2.24. The molecule has 6 nitrogen and oxygen atoms in total. The van der Waals surface area contributed by atoms with Crippen molar-refractivity contribution in [1.29, 1.82) is 5.26 Å². The van der Waals surface area contributed by atoms with Gasteiger partial charge in [-0.15, -0.1) is 0 Å². The Morgan fingerprint density at radius 3 is 2.52 bits per heavy atom. The Labute approximate surface area is 170 Å². The van der Waals surface area contributed by atoms with Crippen LogP contribution < -0.4 is 10.1 Å². The number of carbonyl (C=O) groups excluding carboxylic acids is 2. The van der Waals surface area contributed by atoms with E-state index in [9.17, 15) is 9.59 Å². The molecule has 0 bridgehead atoms. The van der Waals surface area contributed by atoms with Gasteiger partial charge in [0.25, 0.3) is 5.91 Å². The molecule has 1 aliphatic carbocycles. The molecule has 1 atom stereocenters. The van der Waals surface area contributed by atoms with Gasteiger partial charge in [-0.2, -0.15) is 5.26 Å². The Morgan fingerprint density at radius 1 is 1.07 bits per heavy atom. The number of rotatable bonds is 7. The second kappa shape index (κ2) is 9.74. The summed E-state index contributed by atoms with van der Waals surface area (Å²) in [7, 11) is 0. The number of amides is 1. The minimum Gasteiger partial charge on any atom is -0.482 e. The summed E-state index contributed by atoms with van der Waals surface area (Å²) in [6.07, 6.45) is 4.65. The first kappa shape index (κ1) is 20.4. The number of carbonyl (C=O) groups is 2. The van der Waals surface area contributed by atoms with E-state index in [1.165, 1.54) is 24.0 Å². The maximum absolute atomic E-state index is 12.1. The summed E-state index contributed by atoms with van der Waals surface area (Å²) in [5.41, 5.74) is 4.31. The molecule has 0 radical (unpaired) electrons. The minimum atomic E-state index is -0.633. The first-order valence-corrected chi connectivity index (χ1v) is 9.75. The number of aryl methyl sites for hydroxylation is 2. The standard InChI is InChI=1S/C23H24N2O4/c1-16(19-9-8-18-4-2-3-5-20(18)12-19)25-22(26)14-29-23(27)15-28-21-10-6-17(13-24)7-11-21/h6-12,16H,2-5,14-15H2,1H3,(H,25,26)/t16-/m1/s1. The molecule has 0 spiro atoms. The van der Waals surface area contributed by atoms with Gasteiger partial charge in [0.1, 0.15) is 5.75 Å². The summed E-state index contributed by atoms with van der Waals surface area (Å²) < 4.78 is 10.3. The van der Waals surface area contributed by atoms with Crippen LogP contribution in [0.4, 0.5) is 0 Å². The molecule has 6 heteroatoms. The topological polar surface area (TPSA) is 88.4 Å². The highest BCUT2D eigenvalue weighted by atomic mass is 16.6. The van der Waals surface area contributed by atoms with Crippen LogP contribution in [-0.2, 0) is 27.2 Å². The number of esters is 1. The van der Waals surface area contributed by atoms with E-state index < -0.39 is 5.97 Å². The Bertz CT molecular complexity index is 915. The van der Waals surface area contributed by atoms with Gasteiger partial charge in [-0.1, -0.05) is 18.2 Å². The lowest BCUT2D eigenvalue weighted by molar-refractivity contribution is -0.150. The van der Waals surface area contributed by atoms with Gasteiger partial charge in [-0.05, 0) is 73.6 Å². The normalized spacial score (nSPS) is 13.5. The van der Waals surface area contributed by atoms with E-state index in [-0.39, 0.29) is 25.2 Å². The van der Waals surface area contributed by atoms with Crippen LogP contribution in [0.15, 0.2) is 42.5 Å². The van der Waals surface area contributed by atoms with Crippen LogP contribution in [0, 0.1) is 11.3 Å². The van der Waals surface area contributed by atoms with Crippen molar-refractivity contribution in [2.75, 3.05) is 13.2 Å². The molecular formula is C23H24N2O4. The third-order valence-corrected chi connectivity index (χ3v) is 4.95. The number of nitrogens with zero attached hydrogens (tertiary/aromatic N) is 1. The molecule has 0 unspecified atom stereocenters. The molecule has 1 aliphatic rings. The van der Waals surface area contributed by atoms with Crippen LogP contribution in [0.5, 0.6) is 5.75 Å². The summed E-state index contributed by atoms with van der Waals surface area (Å²) in [4.78, 5) is 23.9. The molecule has 0 fully saturated rings. The molecule has 1 amide bonds. The van der Waals surface area contributed by atoms with Crippen molar-refractivity contribution < 1.29 is 19.1 Å². The highest BCUT2D eigenvalue weighted by Gasteiger charge is 2.15. The van der Waals surface area contributed by atoms with Crippen LogP contribution >= 0.6 is 0 Å². The smallest absolute Gasteiger partial charge is 0.344 e. The van der Waals surface area contributed by atoms with Gasteiger partial charge in [-0.25, -0.2) is 4.79 Å². The minimum absolute atomic E-state index is 0.164. The number of hydrogen-bond donors (Lipinski definition) is 1. The van der Waals surface area contributed by atoms with E-state index >= 15 is 0 Å². The first-order chi connectivity index (χ1) is 14.0. The van der Waals surface area contributed by atoms with Gasteiger partial charge < -0.3 is 14.8 Å². The lowest BCUT2D eigenvalue weighted by Gasteiger charge is -2.20. The average molecular weight is 392 g/mol. The van der Waals surface area contributed by atoms with Gasteiger partial charge in [0.2, 0.25) is 0 Å². The maximum Gasteiger partial charge on any atom is 0.344 e. The zero-order valence-corrected chi connectivity index (χ0v) is 16.4. The van der Waals surface area contributed by atoms with Crippen LogP contribution in [0.3, 0.4) is 0 Å². The lowest BCUT2D eigenvalue weighted by atomic mass is 9.89. The number of benzene rings is 2. The fraction of sp³-hybridized carbons (Fsp3) is 0.348. The predicted molar refractivity (Wildman–Crippen MR) is 107 cm³/mol. The fourth-order valence-electron chi connectivity index (χ4n) is 3.34. The van der Waals surface area contributed by atoms with Crippen LogP contribution in [-0.4, -0.2) is 25.1 Å². The number of fused-ring (bicyclic) bond motifs is 1. The number of hydrogen-bond acceptors (Lipinski definition) is 5. The van der Waals surface area contributed by atoms with E-state index in [1.54, 1.807) is 24.3 Å². The van der Waals surface area contributed by atoms with E-state index in [4.69, 9.17) is 14.7 Å². The molecule has 0 aliphatic heterocycles.